The number of hydrogen-bond acceptors (Lipinski definition) is 5. The van der Waals surface area contributed by atoms with E-state index in [1.54, 1.807) is 12.4 Å². The zero-order chi connectivity index (χ0) is 19.3. The number of carbonyl (C=O) groups excluding carboxylic acids is 1. The van der Waals surface area contributed by atoms with Crippen LogP contribution >= 0.6 is 24.0 Å². The number of amides is 1. The quantitative estimate of drug-likeness (QED) is 0.363. The molecule has 8 nitrogen and oxygen atoms in total. The number of nitrogens with zero attached hydrogens (tertiary/aromatic N) is 5. The van der Waals surface area contributed by atoms with E-state index in [9.17, 15) is 4.79 Å². The SMILES string of the molecule is I.NC(=NCc1cccc(C(=O)NC2CC2)c1)N1CCN(c2ncccn2)CC1. The molecule has 1 aliphatic heterocycles. The Kier molecular flexibility index (Phi) is 7.24. The highest BCUT2D eigenvalue weighted by Crippen LogP contribution is 2.19. The molecule has 1 saturated heterocycles. The normalized spacial score (nSPS) is 16.9. The van der Waals surface area contributed by atoms with Crippen molar-refractivity contribution >= 4 is 41.8 Å². The number of aliphatic imine (C=N–C) groups is 1. The van der Waals surface area contributed by atoms with Gasteiger partial charge in [0.05, 0.1) is 6.54 Å². The fourth-order valence-electron chi connectivity index (χ4n) is 3.17. The van der Waals surface area contributed by atoms with Crippen molar-refractivity contribution in [2.75, 3.05) is 31.1 Å². The molecule has 0 atom stereocenters. The molecule has 2 aliphatic rings. The molecule has 1 aromatic heterocycles. The maximum Gasteiger partial charge on any atom is 0.251 e. The van der Waals surface area contributed by atoms with Gasteiger partial charge in [0.2, 0.25) is 5.95 Å². The molecule has 154 valence electrons. The number of aromatic nitrogens is 2. The van der Waals surface area contributed by atoms with Gasteiger partial charge < -0.3 is 20.9 Å². The molecular weight excluding hydrogens is 481 g/mol. The lowest BCUT2D eigenvalue weighted by Gasteiger charge is -2.35. The molecule has 1 aliphatic carbocycles. The monoisotopic (exact) mass is 507 g/mol. The average molecular weight is 507 g/mol. The average Bonchev–Trinajstić information content (AvgIpc) is 3.57. The Morgan fingerprint density at radius 3 is 2.55 bits per heavy atom. The smallest absolute Gasteiger partial charge is 0.251 e. The highest BCUT2D eigenvalue weighted by Gasteiger charge is 2.24. The zero-order valence-corrected chi connectivity index (χ0v) is 18.5. The first kappa shape index (κ1) is 21.3. The molecule has 9 heteroatoms. The minimum atomic E-state index is -0.0134. The van der Waals surface area contributed by atoms with E-state index in [1.165, 1.54) is 0 Å². The first-order chi connectivity index (χ1) is 13.7. The van der Waals surface area contributed by atoms with Crippen LogP contribution in [-0.4, -0.2) is 59.0 Å². The van der Waals surface area contributed by atoms with Crippen molar-refractivity contribution in [3.05, 3.63) is 53.9 Å². The molecule has 2 aromatic rings. The van der Waals surface area contributed by atoms with Crippen molar-refractivity contribution in [3.8, 4) is 0 Å². The standard InChI is InChI=1S/C20H25N7O.HI/c21-19(26-9-11-27(12-10-26)20-22-7-2-8-23-20)24-14-15-3-1-4-16(13-15)18(28)25-17-5-6-17;/h1-4,7-8,13,17H,5-6,9-12,14H2,(H2,21,24)(H,25,28);1H. The Hall–Kier alpha value is -2.43. The van der Waals surface area contributed by atoms with Crippen LogP contribution in [0, 0.1) is 0 Å². The van der Waals surface area contributed by atoms with Gasteiger partial charge in [-0.2, -0.15) is 0 Å². The summed E-state index contributed by atoms with van der Waals surface area (Å²) in [6, 6.07) is 9.74. The lowest BCUT2D eigenvalue weighted by Crippen LogP contribution is -2.51. The summed E-state index contributed by atoms with van der Waals surface area (Å²) < 4.78 is 0. The van der Waals surface area contributed by atoms with E-state index >= 15 is 0 Å². The van der Waals surface area contributed by atoms with Crippen molar-refractivity contribution in [2.24, 2.45) is 10.7 Å². The van der Waals surface area contributed by atoms with Crippen molar-refractivity contribution in [1.82, 2.24) is 20.2 Å². The summed E-state index contributed by atoms with van der Waals surface area (Å²) in [5.74, 6) is 1.26. The van der Waals surface area contributed by atoms with Gasteiger partial charge in [0.25, 0.3) is 5.91 Å². The number of hydrogen-bond donors (Lipinski definition) is 2. The van der Waals surface area contributed by atoms with Gasteiger partial charge in [0.15, 0.2) is 5.96 Å². The van der Waals surface area contributed by atoms with Crippen LogP contribution in [0.25, 0.3) is 0 Å². The number of rotatable bonds is 5. The van der Waals surface area contributed by atoms with Gasteiger partial charge in [0, 0.05) is 50.2 Å². The lowest BCUT2D eigenvalue weighted by molar-refractivity contribution is 0.0951. The number of carbonyl (C=O) groups is 1. The number of halogens is 1. The summed E-state index contributed by atoms with van der Waals surface area (Å²) in [4.78, 5) is 29.5. The van der Waals surface area contributed by atoms with Gasteiger partial charge >= 0.3 is 0 Å². The van der Waals surface area contributed by atoms with E-state index < -0.39 is 0 Å². The van der Waals surface area contributed by atoms with Gasteiger partial charge in [-0.05, 0) is 36.6 Å². The number of anilines is 1. The van der Waals surface area contributed by atoms with Crippen molar-refractivity contribution in [1.29, 1.82) is 0 Å². The van der Waals surface area contributed by atoms with Crippen molar-refractivity contribution in [3.63, 3.8) is 0 Å². The maximum absolute atomic E-state index is 12.2. The summed E-state index contributed by atoms with van der Waals surface area (Å²) in [6.07, 6.45) is 5.67. The number of benzene rings is 1. The molecule has 0 spiro atoms. The topological polar surface area (TPSA) is 99.7 Å². The highest BCUT2D eigenvalue weighted by molar-refractivity contribution is 14.0. The fourth-order valence-corrected chi connectivity index (χ4v) is 3.17. The van der Waals surface area contributed by atoms with Crippen LogP contribution < -0.4 is 16.0 Å². The van der Waals surface area contributed by atoms with Crippen LogP contribution in [-0.2, 0) is 6.54 Å². The molecule has 1 saturated carbocycles. The second-order valence-electron chi connectivity index (χ2n) is 7.15. The van der Waals surface area contributed by atoms with E-state index in [2.05, 4.69) is 30.1 Å². The molecule has 2 fully saturated rings. The minimum Gasteiger partial charge on any atom is -0.370 e. The predicted molar refractivity (Wildman–Crippen MR) is 123 cm³/mol. The Morgan fingerprint density at radius 1 is 1.14 bits per heavy atom. The molecule has 0 radical (unpaired) electrons. The fraction of sp³-hybridized carbons (Fsp3) is 0.400. The van der Waals surface area contributed by atoms with Crippen LogP contribution in [0.1, 0.15) is 28.8 Å². The number of nitrogens with one attached hydrogen (secondary N) is 1. The zero-order valence-electron chi connectivity index (χ0n) is 16.2. The third-order valence-electron chi connectivity index (χ3n) is 4.96. The van der Waals surface area contributed by atoms with Crippen molar-refractivity contribution in [2.45, 2.75) is 25.4 Å². The van der Waals surface area contributed by atoms with E-state index in [0.29, 0.717) is 24.1 Å². The molecule has 1 aromatic carbocycles. The Balaban J connectivity index is 0.00000240. The minimum absolute atomic E-state index is 0. The molecule has 4 rings (SSSR count). The first-order valence-corrected chi connectivity index (χ1v) is 9.66. The predicted octanol–water partition coefficient (Wildman–Crippen LogP) is 1.62. The van der Waals surface area contributed by atoms with Crippen molar-refractivity contribution < 1.29 is 4.79 Å². The van der Waals surface area contributed by atoms with Crippen LogP contribution in [0.4, 0.5) is 5.95 Å². The summed E-state index contributed by atoms with van der Waals surface area (Å²) >= 11 is 0. The van der Waals surface area contributed by atoms with Crippen LogP contribution in [0.15, 0.2) is 47.7 Å². The van der Waals surface area contributed by atoms with Gasteiger partial charge in [0.1, 0.15) is 0 Å². The maximum atomic E-state index is 12.2. The summed E-state index contributed by atoms with van der Waals surface area (Å²) in [5.41, 5.74) is 7.85. The largest absolute Gasteiger partial charge is 0.370 e. The Labute approximate surface area is 187 Å². The third-order valence-corrected chi connectivity index (χ3v) is 4.96. The van der Waals surface area contributed by atoms with Gasteiger partial charge in [-0.1, -0.05) is 12.1 Å². The Morgan fingerprint density at radius 2 is 1.86 bits per heavy atom. The van der Waals surface area contributed by atoms with Gasteiger partial charge in [-0.25, -0.2) is 15.0 Å². The van der Waals surface area contributed by atoms with E-state index in [0.717, 1.165) is 50.5 Å². The molecule has 2 heterocycles. The highest BCUT2D eigenvalue weighted by atomic mass is 127. The molecule has 0 bridgehead atoms. The second kappa shape index (κ2) is 9.86. The summed E-state index contributed by atoms with van der Waals surface area (Å²) in [7, 11) is 0. The van der Waals surface area contributed by atoms with Crippen LogP contribution in [0.2, 0.25) is 0 Å². The molecule has 0 unspecified atom stereocenters. The number of guanidine groups is 1. The summed E-state index contributed by atoms with van der Waals surface area (Å²) in [6.45, 7) is 3.61. The second-order valence-corrected chi connectivity index (χ2v) is 7.15. The van der Waals surface area contributed by atoms with Crippen LogP contribution in [0.5, 0.6) is 0 Å². The lowest BCUT2D eigenvalue weighted by atomic mass is 10.1. The first-order valence-electron chi connectivity index (χ1n) is 9.66. The molecule has 3 N–H and O–H groups in total. The van der Waals surface area contributed by atoms with Crippen LogP contribution in [0.3, 0.4) is 0 Å². The Bertz CT molecular complexity index is 849. The van der Waals surface area contributed by atoms with Gasteiger partial charge in [-0.3, -0.25) is 4.79 Å². The van der Waals surface area contributed by atoms with E-state index in [-0.39, 0.29) is 29.9 Å². The summed E-state index contributed by atoms with van der Waals surface area (Å²) in [5, 5.41) is 3.01. The third kappa shape index (κ3) is 5.78. The molecular formula is C20H26IN7O. The number of piperazine rings is 1. The molecule has 29 heavy (non-hydrogen) atoms. The molecule has 1 amide bonds. The van der Waals surface area contributed by atoms with E-state index in [4.69, 9.17) is 5.73 Å². The van der Waals surface area contributed by atoms with E-state index in [1.807, 2.05) is 30.3 Å². The number of nitrogens with two attached hydrogens (primary N) is 1. The van der Waals surface area contributed by atoms with Gasteiger partial charge in [-0.15, -0.1) is 24.0 Å².